The summed E-state index contributed by atoms with van der Waals surface area (Å²) in [7, 11) is 0. The highest BCUT2D eigenvalue weighted by molar-refractivity contribution is 5.71. The van der Waals surface area contributed by atoms with E-state index in [0.717, 1.165) is 64.2 Å². The topological polar surface area (TPSA) is 78.9 Å². The van der Waals surface area contributed by atoms with Crippen LogP contribution < -0.4 is 0 Å². The average Bonchev–Trinajstić information content (AvgIpc) is 3.30. The van der Waals surface area contributed by atoms with Crippen molar-refractivity contribution in [2.24, 2.45) is 0 Å². The van der Waals surface area contributed by atoms with Crippen LogP contribution in [0.25, 0.3) is 0 Å². The van der Waals surface area contributed by atoms with Crippen molar-refractivity contribution in [2.75, 3.05) is 13.2 Å². The van der Waals surface area contributed by atoms with Gasteiger partial charge in [0.15, 0.2) is 6.10 Å². The van der Waals surface area contributed by atoms with Gasteiger partial charge in [-0.3, -0.25) is 14.4 Å². The normalized spacial score (nSPS) is 12.0. The summed E-state index contributed by atoms with van der Waals surface area (Å²) < 4.78 is 16.9. The molecule has 0 aromatic heterocycles. The second-order valence-electron chi connectivity index (χ2n) is 19.9. The van der Waals surface area contributed by atoms with E-state index in [9.17, 15) is 14.4 Å². The fourth-order valence-corrected chi connectivity index (χ4v) is 8.85. The fourth-order valence-electron chi connectivity index (χ4n) is 8.85. The van der Waals surface area contributed by atoms with Crippen LogP contribution in [0.2, 0.25) is 0 Å². The van der Waals surface area contributed by atoms with E-state index in [1.807, 2.05) is 0 Å². The third-order valence-electron chi connectivity index (χ3n) is 13.3. The molecular weight excluding hydrogens is 805 g/mol. The van der Waals surface area contributed by atoms with Gasteiger partial charge in [0.1, 0.15) is 13.2 Å². The zero-order chi connectivity index (χ0) is 47.2. The highest BCUT2D eigenvalue weighted by atomic mass is 16.6. The number of allylic oxidation sites excluding steroid dienone is 2. The van der Waals surface area contributed by atoms with E-state index in [4.69, 9.17) is 14.2 Å². The summed E-state index contributed by atoms with van der Waals surface area (Å²) in [4.78, 5) is 38.1. The smallest absolute Gasteiger partial charge is 0.306 e. The van der Waals surface area contributed by atoms with E-state index in [1.165, 1.54) is 225 Å². The lowest BCUT2D eigenvalue weighted by atomic mass is 10.0. The molecule has 0 aliphatic heterocycles. The second kappa shape index (κ2) is 54.8. The first-order valence-electron chi connectivity index (χ1n) is 29.2. The van der Waals surface area contributed by atoms with Gasteiger partial charge in [-0.1, -0.05) is 277 Å². The van der Waals surface area contributed by atoms with Crippen LogP contribution in [-0.4, -0.2) is 37.2 Å². The molecule has 6 heteroatoms. The Morgan fingerprint density at radius 1 is 0.292 bits per heavy atom. The molecule has 1 unspecified atom stereocenters. The molecule has 0 N–H and O–H groups in total. The van der Waals surface area contributed by atoms with Gasteiger partial charge in [-0.25, -0.2) is 0 Å². The van der Waals surface area contributed by atoms with E-state index in [2.05, 4.69) is 32.9 Å². The Morgan fingerprint density at radius 2 is 0.508 bits per heavy atom. The van der Waals surface area contributed by atoms with Crippen LogP contribution in [0.4, 0.5) is 0 Å². The molecule has 0 radical (unpaired) electrons. The zero-order valence-corrected chi connectivity index (χ0v) is 44.0. The lowest BCUT2D eigenvalue weighted by Crippen LogP contribution is -2.30. The van der Waals surface area contributed by atoms with Crippen molar-refractivity contribution >= 4 is 17.9 Å². The molecule has 0 aliphatic rings. The summed E-state index contributed by atoms with van der Waals surface area (Å²) in [5.41, 5.74) is 0. The summed E-state index contributed by atoms with van der Waals surface area (Å²) in [6, 6.07) is 0. The van der Waals surface area contributed by atoms with E-state index < -0.39 is 6.10 Å². The largest absolute Gasteiger partial charge is 0.462 e. The molecule has 384 valence electrons. The van der Waals surface area contributed by atoms with Gasteiger partial charge in [-0.05, 0) is 44.9 Å². The van der Waals surface area contributed by atoms with E-state index in [1.54, 1.807) is 0 Å². The van der Waals surface area contributed by atoms with Crippen molar-refractivity contribution in [2.45, 2.75) is 335 Å². The Kier molecular flexibility index (Phi) is 53.2. The van der Waals surface area contributed by atoms with Crippen molar-refractivity contribution in [3.8, 4) is 0 Å². The molecule has 0 amide bonds. The zero-order valence-electron chi connectivity index (χ0n) is 44.0. The quantitative estimate of drug-likeness (QED) is 0.0262. The van der Waals surface area contributed by atoms with Gasteiger partial charge in [0.25, 0.3) is 0 Å². The lowest BCUT2D eigenvalue weighted by molar-refractivity contribution is -0.167. The molecule has 0 aromatic rings. The number of hydrogen-bond donors (Lipinski definition) is 0. The number of carbonyl (C=O) groups is 3. The summed E-state index contributed by atoms with van der Waals surface area (Å²) in [6.07, 6.45) is 62.0. The third-order valence-corrected chi connectivity index (χ3v) is 13.3. The van der Waals surface area contributed by atoms with Crippen LogP contribution in [-0.2, 0) is 28.6 Å². The van der Waals surface area contributed by atoms with Crippen molar-refractivity contribution < 1.29 is 28.6 Å². The predicted molar refractivity (Wildman–Crippen MR) is 280 cm³/mol. The number of unbranched alkanes of at least 4 members (excludes halogenated alkanes) is 41. The van der Waals surface area contributed by atoms with Crippen LogP contribution in [0.5, 0.6) is 0 Å². The minimum Gasteiger partial charge on any atom is -0.462 e. The van der Waals surface area contributed by atoms with Crippen LogP contribution >= 0.6 is 0 Å². The van der Waals surface area contributed by atoms with Crippen LogP contribution in [0.3, 0.4) is 0 Å². The molecule has 6 nitrogen and oxygen atoms in total. The van der Waals surface area contributed by atoms with E-state index in [0.29, 0.717) is 19.3 Å². The summed E-state index contributed by atoms with van der Waals surface area (Å²) in [5, 5.41) is 0. The Labute approximate surface area is 405 Å². The molecule has 1 atom stereocenters. The first-order valence-corrected chi connectivity index (χ1v) is 29.2. The standard InChI is InChI=1S/C59H112O6/c1-4-7-10-13-16-19-22-25-27-29-30-31-33-34-37-40-43-46-49-52-58(61)64-55-56(54-63-57(60)51-48-45-42-39-36-24-21-18-15-12-9-6-3)65-59(62)53-50-47-44-41-38-35-32-28-26-23-20-17-14-11-8-5-2/h18,21,56H,4-17,19-20,22-55H2,1-3H3/b21-18-. The van der Waals surface area contributed by atoms with Gasteiger partial charge in [0.05, 0.1) is 0 Å². The summed E-state index contributed by atoms with van der Waals surface area (Å²) >= 11 is 0. The van der Waals surface area contributed by atoms with Crippen LogP contribution in [0, 0.1) is 0 Å². The number of carbonyl (C=O) groups excluding carboxylic acids is 3. The number of rotatable bonds is 54. The molecule has 0 saturated carbocycles. The van der Waals surface area contributed by atoms with Crippen molar-refractivity contribution in [3.63, 3.8) is 0 Å². The highest BCUT2D eigenvalue weighted by Gasteiger charge is 2.19. The Morgan fingerprint density at radius 3 is 0.800 bits per heavy atom. The van der Waals surface area contributed by atoms with E-state index in [-0.39, 0.29) is 31.1 Å². The van der Waals surface area contributed by atoms with Gasteiger partial charge in [-0.2, -0.15) is 0 Å². The molecule has 65 heavy (non-hydrogen) atoms. The monoisotopic (exact) mass is 917 g/mol. The second-order valence-corrected chi connectivity index (χ2v) is 19.9. The molecule has 0 aliphatic carbocycles. The molecule has 0 aromatic carbocycles. The highest BCUT2D eigenvalue weighted by Crippen LogP contribution is 2.17. The molecule has 0 spiro atoms. The Hall–Kier alpha value is -1.85. The minimum atomic E-state index is -0.767. The average molecular weight is 918 g/mol. The van der Waals surface area contributed by atoms with Gasteiger partial charge in [0, 0.05) is 19.3 Å². The van der Waals surface area contributed by atoms with E-state index >= 15 is 0 Å². The van der Waals surface area contributed by atoms with Gasteiger partial charge >= 0.3 is 17.9 Å². The number of hydrogen-bond acceptors (Lipinski definition) is 6. The molecule has 0 rings (SSSR count). The third kappa shape index (κ3) is 53.0. The van der Waals surface area contributed by atoms with Crippen molar-refractivity contribution in [3.05, 3.63) is 12.2 Å². The first-order chi connectivity index (χ1) is 32.0. The van der Waals surface area contributed by atoms with Gasteiger partial charge in [-0.15, -0.1) is 0 Å². The minimum absolute atomic E-state index is 0.0665. The van der Waals surface area contributed by atoms with Crippen molar-refractivity contribution in [1.82, 2.24) is 0 Å². The Balaban J connectivity index is 4.27. The maximum Gasteiger partial charge on any atom is 0.306 e. The number of ether oxygens (including phenoxy) is 3. The fraction of sp³-hybridized carbons (Fsp3) is 0.915. The molecule has 0 bridgehead atoms. The van der Waals surface area contributed by atoms with Crippen LogP contribution in [0.15, 0.2) is 12.2 Å². The lowest BCUT2D eigenvalue weighted by Gasteiger charge is -2.18. The van der Waals surface area contributed by atoms with Gasteiger partial charge < -0.3 is 14.2 Å². The molecular formula is C59H112O6. The summed E-state index contributed by atoms with van der Waals surface area (Å²) in [5.74, 6) is -0.851. The summed E-state index contributed by atoms with van der Waals surface area (Å²) in [6.45, 7) is 6.67. The van der Waals surface area contributed by atoms with Crippen molar-refractivity contribution in [1.29, 1.82) is 0 Å². The number of esters is 3. The first kappa shape index (κ1) is 63.1. The predicted octanol–water partition coefficient (Wildman–Crippen LogP) is 19.3. The van der Waals surface area contributed by atoms with Crippen LogP contribution in [0.1, 0.15) is 329 Å². The SMILES string of the molecule is CCCCC/C=C\CCCCCCCC(=O)OCC(COC(=O)CCCCCCCCCCCCCCCCCCCCC)OC(=O)CCCCCCCCCCCCCCCCCC. The maximum absolute atomic E-state index is 12.8. The maximum atomic E-state index is 12.8. The molecule has 0 saturated heterocycles. The van der Waals surface area contributed by atoms with Gasteiger partial charge in [0.2, 0.25) is 0 Å². The molecule has 0 fully saturated rings. The molecule has 0 heterocycles. The Bertz CT molecular complexity index is 1010.